The SMILES string of the molecule is CCCCCCOc1c(OCCCC)c(=O)[nH]c2cc(O)ccc12. The number of ether oxygens (including phenoxy) is 2. The summed E-state index contributed by atoms with van der Waals surface area (Å²) in [4.78, 5) is 15.1. The fourth-order valence-electron chi connectivity index (χ4n) is 2.53. The van der Waals surface area contributed by atoms with E-state index in [0.29, 0.717) is 24.5 Å². The van der Waals surface area contributed by atoms with E-state index in [2.05, 4.69) is 18.8 Å². The average Bonchev–Trinajstić information content (AvgIpc) is 2.56. The highest BCUT2D eigenvalue weighted by Crippen LogP contribution is 2.33. The van der Waals surface area contributed by atoms with E-state index in [1.807, 2.05) is 0 Å². The fourth-order valence-corrected chi connectivity index (χ4v) is 2.53. The molecule has 1 heterocycles. The summed E-state index contributed by atoms with van der Waals surface area (Å²) >= 11 is 0. The van der Waals surface area contributed by atoms with Gasteiger partial charge in [-0.1, -0.05) is 39.5 Å². The van der Waals surface area contributed by atoms with Gasteiger partial charge in [0.05, 0.1) is 18.7 Å². The van der Waals surface area contributed by atoms with Gasteiger partial charge in [-0.15, -0.1) is 0 Å². The van der Waals surface area contributed by atoms with Crippen LogP contribution in [0.3, 0.4) is 0 Å². The largest absolute Gasteiger partial charge is 0.508 e. The zero-order valence-electron chi connectivity index (χ0n) is 14.6. The minimum absolute atomic E-state index is 0.103. The molecular weight excluding hydrogens is 306 g/mol. The maximum absolute atomic E-state index is 12.4. The third-order valence-corrected chi connectivity index (χ3v) is 3.90. The third kappa shape index (κ3) is 4.66. The topological polar surface area (TPSA) is 71.5 Å². The molecule has 0 saturated carbocycles. The molecule has 132 valence electrons. The van der Waals surface area contributed by atoms with Gasteiger partial charge >= 0.3 is 0 Å². The lowest BCUT2D eigenvalue weighted by molar-refractivity contribution is 0.260. The van der Waals surface area contributed by atoms with Crippen LogP contribution >= 0.6 is 0 Å². The number of pyridine rings is 1. The van der Waals surface area contributed by atoms with Gasteiger partial charge in [-0.25, -0.2) is 0 Å². The molecule has 5 nitrogen and oxygen atoms in total. The van der Waals surface area contributed by atoms with Crippen LogP contribution in [0.15, 0.2) is 23.0 Å². The smallest absolute Gasteiger partial charge is 0.294 e. The molecule has 0 spiro atoms. The molecule has 2 rings (SSSR count). The van der Waals surface area contributed by atoms with Crippen LogP contribution in [0, 0.1) is 0 Å². The van der Waals surface area contributed by atoms with Crippen LogP contribution < -0.4 is 15.0 Å². The standard InChI is InChI=1S/C19H27NO4/c1-3-5-7-8-12-23-17-15-10-9-14(21)13-16(15)20-19(22)18(17)24-11-6-4-2/h9-10,13,21H,3-8,11-12H2,1-2H3,(H,20,22). The van der Waals surface area contributed by atoms with E-state index >= 15 is 0 Å². The summed E-state index contributed by atoms with van der Waals surface area (Å²) in [7, 11) is 0. The van der Waals surface area contributed by atoms with Gasteiger partial charge in [-0.05, 0) is 25.0 Å². The van der Waals surface area contributed by atoms with Crippen LogP contribution in [0.2, 0.25) is 0 Å². The number of aromatic amines is 1. The van der Waals surface area contributed by atoms with E-state index in [0.717, 1.165) is 31.1 Å². The quantitative estimate of drug-likeness (QED) is 0.633. The number of hydrogen-bond acceptors (Lipinski definition) is 4. The number of H-pyrrole nitrogens is 1. The molecule has 2 aromatic rings. The molecule has 1 aromatic heterocycles. The first-order valence-electron chi connectivity index (χ1n) is 8.82. The van der Waals surface area contributed by atoms with Crippen molar-refractivity contribution in [3.63, 3.8) is 0 Å². The molecule has 2 N–H and O–H groups in total. The van der Waals surface area contributed by atoms with Gasteiger partial charge in [0, 0.05) is 11.5 Å². The van der Waals surface area contributed by atoms with Crippen molar-refractivity contribution in [2.24, 2.45) is 0 Å². The van der Waals surface area contributed by atoms with Crippen LogP contribution in [0.5, 0.6) is 17.2 Å². The number of rotatable bonds is 10. The monoisotopic (exact) mass is 333 g/mol. The molecule has 0 amide bonds. The molecule has 0 atom stereocenters. The highest BCUT2D eigenvalue weighted by atomic mass is 16.5. The molecule has 24 heavy (non-hydrogen) atoms. The summed E-state index contributed by atoms with van der Waals surface area (Å²) in [6.45, 7) is 5.26. The number of unbranched alkanes of at least 4 members (excludes halogenated alkanes) is 4. The van der Waals surface area contributed by atoms with Crippen molar-refractivity contribution in [1.82, 2.24) is 4.98 Å². The Morgan fingerprint density at radius 1 is 0.958 bits per heavy atom. The Morgan fingerprint density at radius 3 is 2.42 bits per heavy atom. The molecule has 0 aliphatic heterocycles. The van der Waals surface area contributed by atoms with Gasteiger partial charge in [0.1, 0.15) is 5.75 Å². The van der Waals surface area contributed by atoms with Gasteiger partial charge in [-0.3, -0.25) is 4.79 Å². The Labute approximate surface area is 142 Å². The second-order valence-electron chi connectivity index (χ2n) is 5.95. The minimum Gasteiger partial charge on any atom is -0.508 e. The number of fused-ring (bicyclic) bond motifs is 1. The van der Waals surface area contributed by atoms with E-state index in [-0.39, 0.29) is 17.1 Å². The maximum atomic E-state index is 12.4. The fraction of sp³-hybridized carbons (Fsp3) is 0.526. The lowest BCUT2D eigenvalue weighted by Gasteiger charge is -2.14. The molecule has 1 aromatic carbocycles. The number of aromatic nitrogens is 1. The van der Waals surface area contributed by atoms with Gasteiger partial charge in [0.2, 0.25) is 5.75 Å². The molecule has 0 aliphatic carbocycles. The van der Waals surface area contributed by atoms with Gasteiger partial charge in [-0.2, -0.15) is 0 Å². The van der Waals surface area contributed by atoms with Crippen molar-refractivity contribution in [2.45, 2.75) is 52.4 Å². The first kappa shape index (κ1) is 18.2. The predicted molar refractivity (Wildman–Crippen MR) is 96.3 cm³/mol. The Kier molecular flexibility index (Phi) is 6.97. The van der Waals surface area contributed by atoms with E-state index in [1.165, 1.54) is 18.9 Å². The molecule has 0 bridgehead atoms. The lowest BCUT2D eigenvalue weighted by atomic mass is 10.2. The number of nitrogens with one attached hydrogen (secondary N) is 1. The van der Waals surface area contributed by atoms with Crippen molar-refractivity contribution in [3.8, 4) is 17.2 Å². The van der Waals surface area contributed by atoms with Crippen LogP contribution in [0.25, 0.3) is 10.9 Å². The second kappa shape index (κ2) is 9.21. The summed E-state index contributed by atoms with van der Waals surface area (Å²) in [6, 6.07) is 4.85. The maximum Gasteiger partial charge on any atom is 0.294 e. The van der Waals surface area contributed by atoms with Crippen molar-refractivity contribution in [3.05, 3.63) is 28.6 Å². The number of benzene rings is 1. The van der Waals surface area contributed by atoms with Gasteiger partial charge in [0.15, 0.2) is 5.75 Å². The third-order valence-electron chi connectivity index (χ3n) is 3.90. The normalized spacial score (nSPS) is 10.9. The molecule has 0 radical (unpaired) electrons. The highest BCUT2D eigenvalue weighted by molar-refractivity contribution is 5.88. The molecule has 0 unspecified atom stereocenters. The first-order valence-corrected chi connectivity index (χ1v) is 8.82. The summed E-state index contributed by atoms with van der Waals surface area (Å²) in [5, 5.41) is 10.4. The van der Waals surface area contributed by atoms with Crippen LogP contribution in [-0.4, -0.2) is 23.3 Å². The number of phenolic OH excluding ortho intramolecular Hbond substituents is 1. The van der Waals surface area contributed by atoms with Crippen LogP contribution in [0.4, 0.5) is 0 Å². The van der Waals surface area contributed by atoms with Crippen LogP contribution in [0.1, 0.15) is 52.4 Å². The summed E-state index contributed by atoms with van der Waals surface area (Å²) in [6.07, 6.45) is 6.25. The Bertz CT molecular complexity index is 708. The molecule has 5 heteroatoms. The lowest BCUT2D eigenvalue weighted by Crippen LogP contribution is -2.15. The highest BCUT2D eigenvalue weighted by Gasteiger charge is 2.16. The van der Waals surface area contributed by atoms with Crippen molar-refractivity contribution in [2.75, 3.05) is 13.2 Å². The molecule has 0 fully saturated rings. The van der Waals surface area contributed by atoms with Crippen molar-refractivity contribution in [1.29, 1.82) is 0 Å². The Balaban J connectivity index is 2.30. The first-order chi connectivity index (χ1) is 11.7. The number of hydrogen-bond donors (Lipinski definition) is 2. The average molecular weight is 333 g/mol. The predicted octanol–water partition coefficient (Wildman–Crippen LogP) is 4.37. The Morgan fingerprint density at radius 2 is 1.67 bits per heavy atom. The molecule has 0 aliphatic rings. The zero-order chi connectivity index (χ0) is 17.4. The van der Waals surface area contributed by atoms with Gasteiger partial charge < -0.3 is 19.6 Å². The van der Waals surface area contributed by atoms with Gasteiger partial charge in [0.25, 0.3) is 5.56 Å². The summed E-state index contributed by atoms with van der Waals surface area (Å²) < 4.78 is 11.6. The zero-order valence-corrected chi connectivity index (χ0v) is 14.6. The summed E-state index contributed by atoms with van der Waals surface area (Å²) in [5.74, 6) is 0.810. The van der Waals surface area contributed by atoms with E-state index < -0.39 is 0 Å². The van der Waals surface area contributed by atoms with Crippen molar-refractivity contribution >= 4 is 10.9 Å². The van der Waals surface area contributed by atoms with E-state index in [1.54, 1.807) is 12.1 Å². The number of phenols is 1. The Hall–Kier alpha value is -2.17. The minimum atomic E-state index is -0.326. The molecule has 0 saturated heterocycles. The van der Waals surface area contributed by atoms with Crippen LogP contribution in [-0.2, 0) is 0 Å². The molecular formula is C19H27NO4. The van der Waals surface area contributed by atoms with E-state index in [9.17, 15) is 9.90 Å². The summed E-state index contributed by atoms with van der Waals surface area (Å²) in [5.41, 5.74) is 0.221. The number of aromatic hydroxyl groups is 1. The van der Waals surface area contributed by atoms with Crippen molar-refractivity contribution < 1.29 is 14.6 Å². The second-order valence-corrected chi connectivity index (χ2v) is 5.95. The van der Waals surface area contributed by atoms with E-state index in [4.69, 9.17) is 9.47 Å².